The molecule has 1 fully saturated rings. The molecule has 20 heavy (non-hydrogen) atoms. The van der Waals surface area contributed by atoms with Crippen molar-refractivity contribution < 1.29 is 4.79 Å². The molecule has 1 aliphatic carbocycles. The molecular formula is C15H18ClN3O. The van der Waals surface area contributed by atoms with Crippen molar-refractivity contribution in [3.63, 3.8) is 0 Å². The fourth-order valence-electron chi connectivity index (χ4n) is 2.52. The molecule has 1 aliphatic rings. The molecule has 0 spiro atoms. The number of fused-ring (bicyclic) bond motifs is 1. The number of benzene rings is 1. The zero-order chi connectivity index (χ0) is 14.3. The number of amides is 1. The molecule has 0 saturated heterocycles. The summed E-state index contributed by atoms with van der Waals surface area (Å²) >= 11 is 6.01. The first-order chi connectivity index (χ1) is 9.48. The Balaban J connectivity index is 1.79. The molecule has 0 unspecified atom stereocenters. The van der Waals surface area contributed by atoms with E-state index in [4.69, 9.17) is 17.3 Å². The molecule has 1 aromatic carbocycles. The molecular weight excluding hydrogens is 274 g/mol. The highest BCUT2D eigenvalue weighted by atomic mass is 35.5. The lowest BCUT2D eigenvalue weighted by molar-refractivity contribution is 0.0953. The smallest absolute Gasteiger partial charge is 0.253 e. The largest absolute Gasteiger partial charge is 0.358 e. The van der Waals surface area contributed by atoms with Crippen LogP contribution in [0.2, 0.25) is 5.02 Å². The van der Waals surface area contributed by atoms with E-state index in [-0.39, 0.29) is 11.4 Å². The van der Waals surface area contributed by atoms with Gasteiger partial charge in [0, 0.05) is 33.7 Å². The zero-order valence-electron chi connectivity index (χ0n) is 11.4. The van der Waals surface area contributed by atoms with Crippen molar-refractivity contribution in [1.82, 2.24) is 10.3 Å². The molecule has 4 N–H and O–H groups in total. The average Bonchev–Trinajstić information content (AvgIpc) is 3.01. The Morgan fingerprint density at radius 3 is 2.95 bits per heavy atom. The molecule has 1 amide bonds. The number of aromatic amines is 1. The first-order valence-corrected chi connectivity index (χ1v) is 7.21. The average molecular weight is 292 g/mol. The lowest BCUT2D eigenvalue weighted by Crippen LogP contribution is -2.31. The van der Waals surface area contributed by atoms with Gasteiger partial charge in [-0.2, -0.15) is 0 Å². The van der Waals surface area contributed by atoms with Gasteiger partial charge in [0.25, 0.3) is 5.91 Å². The summed E-state index contributed by atoms with van der Waals surface area (Å²) in [5, 5.41) is 4.44. The summed E-state index contributed by atoms with van der Waals surface area (Å²) in [6.45, 7) is 2.51. The summed E-state index contributed by atoms with van der Waals surface area (Å²) in [5.41, 5.74) is 8.43. The summed E-state index contributed by atoms with van der Waals surface area (Å²) < 4.78 is 0. The van der Waals surface area contributed by atoms with E-state index < -0.39 is 0 Å². The summed E-state index contributed by atoms with van der Waals surface area (Å²) in [6.07, 6.45) is 2.95. The van der Waals surface area contributed by atoms with Crippen LogP contribution in [0.1, 0.15) is 35.3 Å². The monoisotopic (exact) mass is 291 g/mol. The Labute approximate surface area is 122 Å². The topological polar surface area (TPSA) is 70.9 Å². The van der Waals surface area contributed by atoms with Crippen LogP contribution in [0.4, 0.5) is 0 Å². The second-order valence-corrected chi connectivity index (χ2v) is 6.12. The van der Waals surface area contributed by atoms with Crippen molar-refractivity contribution in [3.05, 3.63) is 34.5 Å². The molecule has 0 radical (unpaired) electrons. The minimum Gasteiger partial charge on any atom is -0.358 e. The van der Waals surface area contributed by atoms with E-state index in [2.05, 4.69) is 10.3 Å². The standard InChI is InChI=1S/C15H18ClN3O/c1-9-13(11-8-10(16)2-3-12(11)19-9)14(20)18-7-6-15(17)4-5-15/h2-3,8,19H,4-7,17H2,1H3,(H,18,20). The molecule has 1 heterocycles. The van der Waals surface area contributed by atoms with E-state index in [1.54, 1.807) is 0 Å². The Kier molecular flexibility index (Phi) is 3.22. The number of carbonyl (C=O) groups excluding carboxylic acids is 1. The number of aryl methyl sites for hydroxylation is 1. The number of aromatic nitrogens is 1. The highest BCUT2D eigenvalue weighted by Gasteiger charge is 2.37. The number of hydrogen-bond donors (Lipinski definition) is 3. The predicted molar refractivity (Wildman–Crippen MR) is 81.1 cm³/mol. The van der Waals surface area contributed by atoms with Gasteiger partial charge in [-0.1, -0.05) is 11.6 Å². The van der Waals surface area contributed by atoms with Crippen molar-refractivity contribution in [2.24, 2.45) is 5.73 Å². The summed E-state index contributed by atoms with van der Waals surface area (Å²) in [5.74, 6) is -0.0692. The molecule has 1 saturated carbocycles. The van der Waals surface area contributed by atoms with E-state index in [0.717, 1.165) is 35.9 Å². The number of rotatable bonds is 4. The SMILES string of the molecule is Cc1[nH]c2ccc(Cl)cc2c1C(=O)NCCC1(N)CC1. The third-order valence-corrected chi connectivity index (χ3v) is 4.21. The van der Waals surface area contributed by atoms with E-state index in [1.807, 2.05) is 25.1 Å². The van der Waals surface area contributed by atoms with Crippen LogP contribution in [-0.4, -0.2) is 23.0 Å². The molecule has 0 bridgehead atoms. The Morgan fingerprint density at radius 2 is 2.25 bits per heavy atom. The molecule has 4 nitrogen and oxygen atoms in total. The minimum absolute atomic E-state index is 0.0359. The normalized spacial score (nSPS) is 16.4. The highest BCUT2D eigenvalue weighted by molar-refractivity contribution is 6.31. The van der Waals surface area contributed by atoms with Gasteiger partial charge < -0.3 is 16.0 Å². The maximum Gasteiger partial charge on any atom is 0.253 e. The highest BCUT2D eigenvalue weighted by Crippen LogP contribution is 2.35. The molecule has 1 aromatic heterocycles. The third kappa shape index (κ3) is 2.53. The van der Waals surface area contributed by atoms with Crippen LogP contribution < -0.4 is 11.1 Å². The van der Waals surface area contributed by atoms with E-state index in [1.165, 1.54) is 0 Å². The van der Waals surface area contributed by atoms with Crippen LogP contribution in [0, 0.1) is 6.92 Å². The predicted octanol–water partition coefficient (Wildman–Crippen LogP) is 2.74. The van der Waals surface area contributed by atoms with Crippen LogP contribution in [0.15, 0.2) is 18.2 Å². The maximum atomic E-state index is 12.3. The van der Waals surface area contributed by atoms with Crippen LogP contribution >= 0.6 is 11.6 Å². The molecule has 5 heteroatoms. The second-order valence-electron chi connectivity index (χ2n) is 5.68. The van der Waals surface area contributed by atoms with Crippen molar-refractivity contribution >= 4 is 28.4 Å². The third-order valence-electron chi connectivity index (χ3n) is 3.98. The molecule has 3 rings (SSSR count). The van der Waals surface area contributed by atoms with Crippen LogP contribution in [0.25, 0.3) is 10.9 Å². The number of nitrogens with one attached hydrogen (secondary N) is 2. The van der Waals surface area contributed by atoms with E-state index in [0.29, 0.717) is 17.1 Å². The Hall–Kier alpha value is -1.52. The van der Waals surface area contributed by atoms with Crippen molar-refractivity contribution in [2.75, 3.05) is 6.54 Å². The summed E-state index contributed by atoms with van der Waals surface area (Å²) in [6, 6.07) is 5.52. The zero-order valence-corrected chi connectivity index (χ0v) is 12.2. The van der Waals surface area contributed by atoms with Gasteiger partial charge in [0.2, 0.25) is 0 Å². The Morgan fingerprint density at radius 1 is 1.50 bits per heavy atom. The number of nitrogens with two attached hydrogens (primary N) is 1. The van der Waals surface area contributed by atoms with Gasteiger partial charge in [-0.3, -0.25) is 4.79 Å². The van der Waals surface area contributed by atoms with Crippen molar-refractivity contribution in [2.45, 2.75) is 31.7 Å². The van der Waals surface area contributed by atoms with E-state index >= 15 is 0 Å². The van der Waals surface area contributed by atoms with E-state index in [9.17, 15) is 4.79 Å². The minimum atomic E-state index is -0.0692. The summed E-state index contributed by atoms with van der Waals surface area (Å²) in [4.78, 5) is 15.6. The number of hydrogen-bond acceptors (Lipinski definition) is 2. The van der Waals surface area contributed by atoms with Crippen molar-refractivity contribution in [3.8, 4) is 0 Å². The van der Waals surface area contributed by atoms with Crippen LogP contribution in [-0.2, 0) is 0 Å². The summed E-state index contributed by atoms with van der Waals surface area (Å²) in [7, 11) is 0. The molecule has 0 atom stereocenters. The first-order valence-electron chi connectivity index (χ1n) is 6.83. The number of carbonyl (C=O) groups is 1. The Bertz CT molecular complexity index is 673. The lowest BCUT2D eigenvalue weighted by atomic mass is 10.1. The van der Waals surface area contributed by atoms with Gasteiger partial charge in [0.1, 0.15) is 0 Å². The maximum absolute atomic E-state index is 12.3. The number of halogens is 1. The number of H-pyrrole nitrogens is 1. The first kappa shape index (κ1) is 13.5. The molecule has 2 aromatic rings. The fraction of sp³-hybridized carbons (Fsp3) is 0.400. The van der Waals surface area contributed by atoms with Gasteiger partial charge >= 0.3 is 0 Å². The second kappa shape index (κ2) is 4.79. The van der Waals surface area contributed by atoms with Gasteiger partial charge in [-0.25, -0.2) is 0 Å². The quantitative estimate of drug-likeness (QED) is 0.810. The van der Waals surface area contributed by atoms with Gasteiger partial charge in [-0.15, -0.1) is 0 Å². The van der Waals surface area contributed by atoms with Gasteiger partial charge in [0.15, 0.2) is 0 Å². The molecule has 106 valence electrons. The molecule has 0 aliphatic heterocycles. The van der Waals surface area contributed by atoms with Gasteiger partial charge in [-0.05, 0) is 44.4 Å². The van der Waals surface area contributed by atoms with Crippen LogP contribution in [0.3, 0.4) is 0 Å². The lowest BCUT2D eigenvalue weighted by Gasteiger charge is -2.09. The van der Waals surface area contributed by atoms with Crippen molar-refractivity contribution in [1.29, 1.82) is 0 Å². The van der Waals surface area contributed by atoms with Crippen LogP contribution in [0.5, 0.6) is 0 Å². The van der Waals surface area contributed by atoms with Gasteiger partial charge in [0.05, 0.1) is 5.56 Å². The fourth-order valence-corrected chi connectivity index (χ4v) is 2.69.